The highest BCUT2D eigenvalue weighted by molar-refractivity contribution is 7.90. The molecular weight excluding hydrogens is 461 g/mol. The molecule has 1 aliphatic carbocycles. The Morgan fingerprint density at radius 3 is 2.67 bits per heavy atom. The van der Waals surface area contributed by atoms with E-state index in [1.807, 2.05) is 32.9 Å². The molecule has 0 saturated carbocycles. The van der Waals surface area contributed by atoms with E-state index >= 15 is 0 Å². The van der Waals surface area contributed by atoms with Crippen molar-refractivity contribution in [3.05, 3.63) is 58.6 Å². The van der Waals surface area contributed by atoms with Gasteiger partial charge in [0.25, 0.3) is 0 Å². The molecule has 0 unspecified atom stereocenters. The van der Waals surface area contributed by atoms with Crippen molar-refractivity contribution in [3.63, 3.8) is 0 Å². The molecular formula is C24H27ClFN5OS. The minimum atomic E-state index is -1.23. The van der Waals surface area contributed by atoms with Crippen LogP contribution >= 0.6 is 11.6 Å². The Kier molecular flexibility index (Phi) is 5.76. The molecule has 1 saturated heterocycles. The summed E-state index contributed by atoms with van der Waals surface area (Å²) >= 11 is 4.73. The highest BCUT2D eigenvalue weighted by atomic mass is 35.5. The van der Waals surface area contributed by atoms with Crippen LogP contribution in [0.15, 0.2) is 36.5 Å². The molecule has 2 aliphatic rings. The first-order chi connectivity index (χ1) is 15.6. The van der Waals surface area contributed by atoms with Gasteiger partial charge in [-0.25, -0.2) is 19.3 Å². The molecule has 0 amide bonds. The Labute approximate surface area is 201 Å². The van der Waals surface area contributed by atoms with Crippen LogP contribution in [0.5, 0.6) is 0 Å². The van der Waals surface area contributed by atoms with Crippen molar-refractivity contribution in [2.24, 2.45) is 5.41 Å². The first kappa shape index (κ1) is 22.8. The monoisotopic (exact) mass is 487 g/mol. The van der Waals surface area contributed by atoms with Gasteiger partial charge >= 0.3 is 0 Å². The maximum absolute atomic E-state index is 14.0. The fourth-order valence-electron chi connectivity index (χ4n) is 4.96. The summed E-state index contributed by atoms with van der Waals surface area (Å²) in [4.78, 5) is 15.6. The third-order valence-electron chi connectivity index (χ3n) is 6.79. The molecule has 1 N–H and O–H groups in total. The van der Waals surface area contributed by atoms with Crippen LogP contribution < -0.4 is 9.62 Å². The summed E-state index contributed by atoms with van der Waals surface area (Å²) in [6.45, 7) is 7.47. The van der Waals surface area contributed by atoms with Crippen LogP contribution in [0.4, 0.5) is 10.2 Å². The second-order valence-electron chi connectivity index (χ2n) is 10.0. The van der Waals surface area contributed by atoms with Crippen molar-refractivity contribution in [2.45, 2.75) is 50.8 Å². The van der Waals surface area contributed by atoms with E-state index in [1.165, 1.54) is 6.07 Å². The number of hydrogen-bond acceptors (Lipinski definition) is 6. The van der Waals surface area contributed by atoms with Crippen molar-refractivity contribution >= 4 is 39.9 Å². The molecule has 33 heavy (non-hydrogen) atoms. The van der Waals surface area contributed by atoms with E-state index in [9.17, 15) is 8.94 Å². The normalized spacial score (nSPS) is 20.9. The van der Waals surface area contributed by atoms with Crippen LogP contribution in [0, 0.1) is 11.2 Å². The zero-order valence-electron chi connectivity index (χ0n) is 18.9. The van der Waals surface area contributed by atoms with Crippen molar-refractivity contribution < 1.29 is 8.94 Å². The van der Waals surface area contributed by atoms with Crippen molar-refractivity contribution in [1.29, 1.82) is 0 Å². The molecule has 5 rings (SSSR count). The Balaban J connectivity index is 1.40. The largest absolute Gasteiger partial charge is 0.598 e. The van der Waals surface area contributed by atoms with Gasteiger partial charge in [-0.3, -0.25) is 0 Å². The van der Waals surface area contributed by atoms with Gasteiger partial charge in [0, 0.05) is 29.9 Å². The third-order valence-corrected chi connectivity index (χ3v) is 8.57. The first-order valence-electron chi connectivity index (χ1n) is 11.2. The minimum Gasteiger partial charge on any atom is -0.598 e. The molecule has 3 aromatic rings. The number of hydrogen-bond donors (Lipinski definition) is 1. The molecule has 1 spiro atoms. The topological polar surface area (TPSA) is 77.0 Å². The summed E-state index contributed by atoms with van der Waals surface area (Å²) in [5.41, 5.74) is 3.20. The number of rotatable bonds is 3. The summed E-state index contributed by atoms with van der Waals surface area (Å²) in [5.74, 6) is 0.588. The maximum atomic E-state index is 14.0. The molecule has 3 heterocycles. The summed E-state index contributed by atoms with van der Waals surface area (Å²) in [5, 5.41) is 0.396. The highest BCUT2D eigenvalue weighted by Crippen LogP contribution is 2.53. The fourth-order valence-corrected chi connectivity index (χ4v) is 6.05. The Hall–Kier alpha value is -2.00. The van der Waals surface area contributed by atoms with E-state index in [-0.39, 0.29) is 22.0 Å². The number of nitrogens with zero attached hydrogens (tertiary/aromatic N) is 4. The lowest BCUT2D eigenvalue weighted by Crippen LogP contribution is -2.49. The molecule has 1 fully saturated rings. The molecule has 1 aromatic carbocycles. The predicted molar refractivity (Wildman–Crippen MR) is 130 cm³/mol. The van der Waals surface area contributed by atoms with E-state index < -0.39 is 11.4 Å². The van der Waals surface area contributed by atoms with Gasteiger partial charge in [-0.1, -0.05) is 17.7 Å². The van der Waals surface area contributed by atoms with E-state index in [4.69, 9.17) is 16.6 Å². The number of nitrogens with one attached hydrogen (secondary N) is 1. The Bertz CT molecular complexity index is 1200. The first-order valence-corrected chi connectivity index (χ1v) is 12.7. The lowest BCUT2D eigenvalue weighted by atomic mass is 9.73. The summed E-state index contributed by atoms with van der Waals surface area (Å²) in [6.07, 6.45) is 4.27. The molecule has 0 bridgehead atoms. The molecule has 0 radical (unpaired) electrons. The van der Waals surface area contributed by atoms with Crippen molar-refractivity contribution in [1.82, 2.24) is 19.7 Å². The van der Waals surface area contributed by atoms with Gasteiger partial charge in [0.15, 0.2) is 5.65 Å². The number of benzene rings is 1. The van der Waals surface area contributed by atoms with Crippen LogP contribution in [0.1, 0.15) is 50.8 Å². The Morgan fingerprint density at radius 1 is 1.18 bits per heavy atom. The standard InChI is InChI=1S/C24H27ClFN5OS/c1-23(2,3)33(32)30-21-17-5-4-16(26)12-15(17)13-24(21)8-10-31(11-9-24)20-14-27-22-18(28-20)6-7-19(25)29-22/h4-7,12,14,21,30H,8-11,13H2,1-3H3/t21-,33-/m1/s1. The average Bonchev–Trinajstić information content (AvgIpc) is 3.05. The number of pyridine rings is 1. The van der Waals surface area contributed by atoms with Gasteiger partial charge in [0.05, 0.1) is 12.2 Å². The van der Waals surface area contributed by atoms with Crippen LogP contribution in [-0.4, -0.2) is 37.3 Å². The van der Waals surface area contributed by atoms with Crippen LogP contribution in [0.2, 0.25) is 5.15 Å². The Morgan fingerprint density at radius 2 is 1.94 bits per heavy atom. The zero-order valence-corrected chi connectivity index (χ0v) is 20.5. The second kappa shape index (κ2) is 8.34. The van der Waals surface area contributed by atoms with Crippen molar-refractivity contribution in [2.75, 3.05) is 18.0 Å². The molecule has 2 atom stereocenters. The van der Waals surface area contributed by atoms with Crippen LogP contribution in [0.3, 0.4) is 0 Å². The SMILES string of the molecule is CC(C)(C)[S@@+]([O-])N[C@@H]1c2ccc(F)cc2CC12CCN(c1cnc3nc(Cl)ccc3n1)CC2. The van der Waals surface area contributed by atoms with Gasteiger partial charge in [0.2, 0.25) is 0 Å². The average molecular weight is 488 g/mol. The molecule has 174 valence electrons. The molecule has 1 aliphatic heterocycles. The number of halogens is 2. The molecule has 2 aromatic heterocycles. The van der Waals surface area contributed by atoms with Gasteiger partial charge in [-0.15, -0.1) is 4.72 Å². The third kappa shape index (κ3) is 4.30. The fraction of sp³-hybridized carbons (Fsp3) is 0.458. The zero-order chi connectivity index (χ0) is 23.4. The van der Waals surface area contributed by atoms with E-state index in [2.05, 4.69) is 19.6 Å². The van der Waals surface area contributed by atoms with E-state index in [0.29, 0.717) is 16.3 Å². The summed E-state index contributed by atoms with van der Waals surface area (Å²) in [6, 6.07) is 8.47. The van der Waals surface area contributed by atoms with Gasteiger partial charge in [-0.2, -0.15) is 0 Å². The van der Waals surface area contributed by atoms with Crippen LogP contribution in [-0.2, 0) is 17.8 Å². The van der Waals surface area contributed by atoms with E-state index in [0.717, 1.165) is 49.3 Å². The van der Waals surface area contributed by atoms with E-state index in [1.54, 1.807) is 18.3 Å². The molecule has 6 nitrogen and oxygen atoms in total. The van der Waals surface area contributed by atoms with Gasteiger partial charge in [0.1, 0.15) is 27.1 Å². The highest BCUT2D eigenvalue weighted by Gasteiger charge is 2.50. The van der Waals surface area contributed by atoms with Gasteiger partial charge in [-0.05, 0) is 75.4 Å². The van der Waals surface area contributed by atoms with Crippen LogP contribution in [0.25, 0.3) is 11.2 Å². The van der Waals surface area contributed by atoms with Gasteiger partial charge < -0.3 is 9.45 Å². The number of fused-ring (bicyclic) bond motifs is 2. The second-order valence-corrected chi connectivity index (χ2v) is 12.4. The lowest BCUT2D eigenvalue weighted by Gasteiger charge is -2.44. The number of anilines is 1. The number of piperidine rings is 1. The quantitative estimate of drug-likeness (QED) is 0.424. The maximum Gasteiger partial charge on any atom is 0.179 e. The minimum absolute atomic E-state index is 0.0793. The lowest BCUT2D eigenvalue weighted by molar-refractivity contribution is 0.176. The summed E-state index contributed by atoms with van der Waals surface area (Å²) < 4.78 is 30.1. The predicted octanol–water partition coefficient (Wildman–Crippen LogP) is 4.75. The summed E-state index contributed by atoms with van der Waals surface area (Å²) in [7, 11) is 0. The number of aromatic nitrogens is 3. The molecule has 9 heteroatoms. The smallest absolute Gasteiger partial charge is 0.179 e. The van der Waals surface area contributed by atoms with Crippen molar-refractivity contribution in [3.8, 4) is 0 Å².